The van der Waals surface area contributed by atoms with Crippen molar-refractivity contribution in [1.29, 1.82) is 0 Å². The molecule has 2 bridgehead atoms. The van der Waals surface area contributed by atoms with E-state index in [1.165, 1.54) is 11.2 Å². The number of morpholine rings is 1. The number of nitrogens with one attached hydrogen (secondary N) is 1. The van der Waals surface area contributed by atoms with Crippen molar-refractivity contribution < 1.29 is 18.7 Å². The number of rotatable bonds is 6. The smallest absolute Gasteiger partial charge is 0.282 e. The maximum atomic E-state index is 13.7. The van der Waals surface area contributed by atoms with Crippen molar-refractivity contribution in [1.82, 2.24) is 29.4 Å². The van der Waals surface area contributed by atoms with E-state index in [1.54, 1.807) is 6.33 Å². The van der Waals surface area contributed by atoms with Crippen LogP contribution in [0.4, 0.5) is 15.9 Å². The summed E-state index contributed by atoms with van der Waals surface area (Å²) in [5.74, 6) is 0.345. The van der Waals surface area contributed by atoms with Crippen LogP contribution in [0.1, 0.15) is 17.7 Å². The number of hydrogen-bond acceptors (Lipinski definition) is 8. The van der Waals surface area contributed by atoms with Crippen LogP contribution in [0, 0.1) is 6.92 Å². The summed E-state index contributed by atoms with van der Waals surface area (Å²) in [6.45, 7) is 5.79. The number of carbonyl (C=O) groups is 1. The Bertz CT molecular complexity index is 1950. The fraction of sp³-hybridized carbons (Fsp3) is 0.219. The standard InChI is InChI=1S/C32H28FN7O3/c1-18-10-21(4-9-29(18)43-24-5-8-28-27(13-24)36-17-39(28)3)37-31-30-26(34-16-35-31)7-6-25(38-30)20-11-22-14-42-15-23(12-20)40(22)32(41)19(2)33/h4-11,13,16-17,22-23H,2,12,14-15H2,1,3H3,(H,34,35,37). The maximum Gasteiger partial charge on any atom is 0.282 e. The molecule has 2 unspecified atom stereocenters. The minimum atomic E-state index is -0.966. The fourth-order valence-electron chi connectivity index (χ4n) is 5.74. The van der Waals surface area contributed by atoms with Gasteiger partial charge in [-0.25, -0.2) is 24.3 Å². The first-order valence-electron chi connectivity index (χ1n) is 13.9. The largest absolute Gasteiger partial charge is 0.457 e. The molecule has 0 aliphatic carbocycles. The van der Waals surface area contributed by atoms with Gasteiger partial charge >= 0.3 is 0 Å². The Morgan fingerprint density at radius 3 is 2.79 bits per heavy atom. The van der Waals surface area contributed by atoms with Crippen LogP contribution in [-0.2, 0) is 16.6 Å². The molecule has 5 heterocycles. The molecule has 2 aliphatic rings. The first kappa shape index (κ1) is 26.7. The number of halogens is 1. The van der Waals surface area contributed by atoms with Gasteiger partial charge in [-0.05, 0) is 66.9 Å². The normalized spacial score (nSPS) is 18.0. The van der Waals surface area contributed by atoms with Gasteiger partial charge in [0, 0.05) is 18.8 Å². The van der Waals surface area contributed by atoms with Crippen LogP contribution in [0.25, 0.3) is 27.6 Å². The molecule has 0 radical (unpaired) electrons. The molecule has 1 N–H and O–H groups in total. The topological polar surface area (TPSA) is 107 Å². The molecular formula is C32H28FN7O3. The molecule has 216 valence electrons. The molecule has 2 aliphatic heterocycles. The number of ether oxygens (including phenoxy) is 2. The van der Waals surface area contributed by atoms with E-state index in [4.69, 9.17) is 14.5 Å². The summed E-state index contributed by atoms with van der Waals surface area (Å²) in [4.78, 5) is 32.2. The molecule has 2 atom stereocenters. The van der Waals surface area contributed by atoms with E-state index in [0.717, 1.165) is 39.3 Å². The third kappa shape index (κ3) is 4.97. The van der Waals surface area contributed by atoms with Gasteiger partial charge in [0.25, 0.3) is 5.91 Å². The maximum absolute atomic E-state index is 13.7. The Morgan fingerprint density at radius 1 is 1.09 bits per heavy atom. The van der Waals surface area contributed by atoms with Crippen LogP contribution in [0.3, 0.4) is 0 Å². The van der Waals surface area contributed by atoms with Crippen LogP contribution in [0.15, 0.2) is 79.7 Å². The summed E-state index contributed by atoms with van der Waals surface area (Å²) in [6.07, 6.45) is 5.69. The van der Waals surface area contributed by atoms with Gasteiger partial charge in [0.05, 0.1) is 53.9 Å². The second-order valence-corrected chi connectivity index (χ2v) is 10.8. The lowest BCUT2D eigenvalue weighted by atomic mass is 9.91. The monoisotopic (exact) mass is 577 g/mol. The van der Waals surface area contributed by atoms with Crippen LogP contribution < -0.4 is 10.1 Å². The van der Waals surface area contributed by atoms with E-state index in [0.29, 0.717) is 42.2 Å². The van der Waals surface area contributed by atoms with Crippen molar-refractivity contribution in [2.45, 2.75) is 25.4 Å². The summed E-state index contributed by atoms with van der Waals surface area (Å²) in [7, 11) is 1.96. The summed E-state index contributed by atoms with van der Waals surface area (Å²) in [6, 6.07) is 14.8. The molecule has 7 rings (SSSR count). The quantitative estimate of drug-likeness (QED) is 0.259. The number of benzene rings is 2. The van der Waals surface area contributed by atoms with Crippen molar-refractivity contribution >= 4 is 45.1 Å². The number of aryl methyl sites for hydroxylation is 2. The van der Waals surface area contributed by atoms with E-state index in [2.05, 4.69) is 26.8 Å². The number of nitrogens with zero attached hydrogens (tertiary/aromatic N) is 6. The van der Waals surface area contributed by atoms with Crippen molar-refractivity contribution in [2.75, 3.05) is 18.5 Å². The van der Waals surface area contributed by atoms with Gasteiger partial charge < -0.3 is 24.3 Å². The Labute approximate surface area is 246 Å². The molecular weight excluding hydrogens is 549 g/mol. The zero-order chi connectivity index (χ0) is 29.7. The number of carbonyl (C=O) groups excluding carboxylic acids is 1. The third-order valence-electron chi connectivity index (χ3n) is 7.84. The van der Waals surface area contributed by atoms with Gasteiger partial charge in [-0.2, -0.15) is 0 Å². The molecule has 3 aromatic heterocycles. The molecule has 5 aromatic rings. The molecule has 1 amide bonds. The number of amides is 1. The van der Waals surface area contributed by atoms with E-state index in [9.17, 15) is 9.18 Å². The first-order valence-corrected chi connectivity index (χ1v) is 13.9. The van der Waals surface area contributed by atoms with Gasteiger partial charge in [-0.15, -0.1) is 0 Å². The number of anilines is 2. The van der Waals surface area contributed by atoms with E-state index in [-0.39, 0.29) is 12.1 Å². The highest BCUT2D eigenvalue weighted by Crippen LogP contribution is 2.35. The zero-order valence-corrected chi connectivity index (χ0v) is 23.6. The third-order valence-corrected chi connectivity index (χ3v) is 7.84. The van der Waals surface area contributed by atoms with Crippen LogP contribution in [0.2, 0.25) is 0 Å². The van der Waals surface area contributed by atoms with Crippen molar-refractivity contribution in [3.8, 4) is 11.5 Å². The second-order valence-electron chi connectivity index (χ2n) is 10.8. The van der Waals surface area contributed by atoms with Crippen LogP contribution in [-0.4, -0.2) is 60.6 Å². The average molecular weight is 578 g/mol. The number of pyridine rings is 1. The second kappa shape index (κ2) is 10.6. The highest BCUT2D eigenvalue weighted by Gasteiger charge is 2.39. The van der Waals surface area contributed by atoms with E-state index < -0.39 is 11.7 Å². The lowest BCUT2D eigenvalue weighted by Gasteiger charge is -2.44. The minimum absolute atomic E-state index is 0.291. The highest BCUT2D eigenvalue weighted by atomic mass is 19.1. The molecule has 0 saturated carbocycles. The predicted octanol–water partition coefficient (Wildman–Crippen LogP) is 5.62. The van der Waals surface area contributed by atoms with Crippen molar-refractivity contribution in [3.63, 3.8) is 0 Å². The Kier molecular flexibility index (Phi) is 6.58. The average Bonchev–Trinajstić information content (AvgIpc) is 3.37. The number of aromatic nitrogens is 5. The molecule has 10 nitrogen and oxygen atoms in total. The van der Waals surface area contributed by atoms with Gasteiger partial charge in [0.15, 0.2) is 11.6 Å². The Hall–Kier alpha value is -5.16. The van der Waals surface area contributed by atoms with Gasteiger partial charge in [0.1, 0.15) is 23.3 Å². The number of fused-ring (bicyclic) bond motifs is 4. The first-order chi connectivity index (χ1) is 20.8. The molecule has 43 heavy (non-hydrogen) atoms. The number of hydrogen-bond donors (Lipinski definition) is 1. The zero-order valence-electron chi connectivity index (χ0n) is 23.6. The minimum Gasteiger partial charge on any atom is -0.457 e. The molecule has 1 fully saturated rings. The summed E-state index contributed by atoms with van der Waals surface area (Å²) >= 11 is 0. The van der Waals surface area contributed by atoms with Gasteiger partial charge in [-0.3, -0.25) is 4.79 Å². The highest BCUT2D eigenvalue weighted by molar-refractivity contribution is 5.92. The van der Waals surface area contributed by atoms with Crippen LogP contribution >= 0.6 is 0 Å². The van der Waals surface area contributed by atoms with Gasteiger partial charge in [-0.1, -0.05) is 12.7 Å². The van der Waals surface area contributed by atoms with E-state index in [1.807, 2.05) is 73.1 Å². The van der Waals surface area contributed by atoms with Crippen molar-refractivity contribution in [3.05, 3.63) is 90.9 Å². The molecule has 11 heteroatoms. The lowest BCUT2D eigenvalue weighted by Crippen LogP contribution is -2.56. The summed E-state index contributed by atoms with van der Waals surface area (Å²) < 4.78 is 27.5. The molecule has 2 aromatic carbocycles. The lowest BCUT2D eigenvalue weighted by molar-refractivity contribution is -0.141. The van der Waals surface area contributed by atoms with E-state index >= 15 is 0 Å². The Balaban J connectivity index is 1.14. The van der Waals surface area contributed by atoms with Crippen molar-refractivity contribution in [2.24, 2.45) is 7.05 Å². The van der Waals surface area contributed by atoms with Gasteiger partial charge in [0.2, 0.25) is 0 Å². The summed E-state index contributed by atoms with van der Waals surface area (Å²) in [5, 5.41) is 3.38. The fourth-order valence-corrected chi connectivity index (χ4v) is 5.74. The molecule has 1 saturated heterocycles. The molecule has 0 spiro atoms. The Morgan fingerprint density at radius 2 is 1.98 bits per heavy atom. The van der Waals surface area contributed by atoms with Crippen LogP contribution in [0.5, 0.6) is 11.5 Å². The SMILES string of the molecule is C=C(F)C(=O)N1C2C=C(c3ccc4ncnc(Nc5ccc(Oc6ccc7c(c6)ncn7C)c(C)c5)c4n3)CC1COC2. The summed E-state index contributed by atoms with van der Waals surface area (Å²) in [5.41, 5.74) is 6.68. The predicted molar refractivity (Wildman–Crippen MR) is 161 cm³/mol. The number of imidazole rings is 1.